The average Bonchev–Trinajstić information content (AvgIpc) is 2.93. The average molecular weight is 374 g/mol. The minimum absolute atomic E-state index is 0.0111. The van der Waals surface area contributed by atoms with Gasteiger partial charge in [-0.1, -0.05) is 30.3 Å². The van der Waals surface area contributed by atoms with E-state index in [4.69, 9.17) is 4.74 Å². The summed E-state index contributed by atoms with van der Waals surface area (Å²) >= 11 is 0. The van der Waals surface area contributed by atoms with Crippen LogP contribution in [0.15, 0.2) is 48.5 Å². The molecule has 2 amide bonds. The van der Waals surface area contributed by atoms with E-state index in [9.17, 15) is 14.4 Å². The molecular formula is C22H18N2O4. The summed E-state index contributed by atoms with van der Waals surface area (Å²) in [5, 5.41) is 0.889. The zero-order chi connectivity index (χ0) is 19.8. The molecule has 6 nitrogen and oxygen atoms in total. The maximum atomic E-state index is 12.6. The Morgan fingerprint density at radius 2 is 1.57 bits per heavy atom. The number of fused-ring (bicyclic) bond motifs is 2. The Morgan fingerprint density at radius 1 is 0.964 bits per heavy atom. The Kier molecular flexibility index (Phi) is 4.39. The van der Waals surface area contributed by atoms with Crippen LogP contribution in [0.3, 0.4) is 0 Å². The van der Waals surface area contributed by atoms with Crippen LogP contribution in [0, 0.1) is 13.8 Å². The fourth-order valence-corrected chi connectivity index (χ4v) is 3.58. The highest BCUT2D eigenvalue weighted by atomic mass is 16.5. The number of aryl methyl sites for hydroxylation is 2. The Bertz CT molecular complexity index is 1100. The number of carbonyl (C=O) groups is 3. The topological polar surface area (TPSA) is 76.6 Å². The summed E-state index contributed by atoms with van der Waals surface area (Å²) in [6.07, 6.45) is 0. The lowest BCUT2D eigenvalue weighted by molar-refractivity contribution is 0.0419. The third-order valence-electron chi connectivity index (χ3n) is 4.96. The first-order valence-corrected chi connectivity index (χ1v) is 8.97. The summed E-state index contributed by atoms with van der Waals surface area (Å²) in [5.74, 6) is -1.24. The normalized spacial score (nSPS) is 13.1. The zero-order valence-electron chi connectivity index (χ0n) is 15.6. The molecule has 1 aliphatic rings. The fraction of sp³-hybridized carbons (Fsp3) is 0.182. The first-order chi connectivity index (χ1) is 13.5. The highest BCUT2D eigenvalue weighted by Crippen LogP contribution is 2.24. The molecule has 0 N–H and O–H groups in total. The Hall–Kier alpha value is -3.54. The standard InChI is InChI=1S/C22H18N2O4/c1-13-15-7-5-6-10-18(15)23-14(2)19(13)22(27)28-12-11-24-20(25)16-8-3-4-9-17(16)21(24)26/h3-10H,11-12H2,1-2H3. The molecule has 0 bridgehead atoms. The molecule has 6 heteroatoms. The van der Waals surface area contributed by atoms with Crippen LogP contribution in [-0.2, 0) is 4.74 Å². The van der Waals surface area contributed by atoms with E-state index >= 15 is 0 Å². The van der Waals surface area contributed by atoms with Crippen LogP contribution in [0.5, 0.6) is 0 Å². The van der Waals surface area contributed by atoms with Gasteiger partial charge in [-0.2, -0.15) is 0 Å². The van der Waals surface area contributed by atoms with Gasteiger partial charge in [0.05, 0.1) is 34.4 Å². The summed E-state index contributed by atoms with van der Waals surface area (Å²) in [6.45, 7) is 3.56. The van der Waals surface area contributed by atoms with Crippen molar-refractivity contribution in [1.29, 1.82) is 0 Å². The Morgan fingerprint density at radius 3 is 2.25 bits per heavy atom. The number of para-hydroxylation sites is 1. The summed E-state index contributed by atoms with van der Waals surface area (Å²) in [5.41, 5.74) is 3.38. The number of nitrogens with zero attached hydrogens (tertiary/aromatic N) is 2. The van der Waals surface area contributed by atoms with E-state index in [1.54, 1.807) is 31.2 Å². The molecule has 1 aliphatic heterocycles. The molecule has 0 spiro atoms. The lowest BCUT2D eigenvalue weighted by atomic mass is 10.0. The van der Waals surface area contributed by atoms with Gasteiger partial charge >= 0.3 is 5.97 Å². The zero-order valence-corrected chi connectivity index (χ0v) is 15.6. The number of carbonyl (C=O) groups excluding carboxylic acids is 3. The van der Waals surface area contributed by atoms with Crippen LogP contribution in [0.2, 0.25) is 0 Å². The lowest BCUT2D eigenvalue weighted by Gasteiger charge is -2.15. The molecule has 28 heavy (non-hydrogen) atoms. The number of hydrogen-bond donors (Lipinski definition) is 0. The van der Waals surface area contributed by atoms with E-state index in [-0.39, 0.29) is 25.0 Å². The van der Waals surface area contributed by atoms with Gasteiger partial charge < -0.3 is 4.74 Å². The molecule has 0 saturated carbocycles. The quantitative estimate of drug-likeness (QED) is 0.517. The second-order valence-corrected chi connectivity index (χ2v) is 6.66. The van der Waals surface area contributed by atoms with E-state index in [2.05, 4.69) is 4.98 Å². The van der Waals surface area contributed by atoms with Gasteiger partial charge in [0.2, 0.25) is 0 Å². The van der Waals surface area contributed by atoms with Crippen LogP contribution >= 0.6 is 0 Å². The fourth-order valence-electron chi connectivity index (χ4n) is 3.58. The SMILES string of the molecule is Cc1nc2ccccc2c(C)c1C(=O)OCCN1C(=O)c2ccccc2C1=O. The van der Waals surface area contributed by atoms with Gasteiger partial charge in [-0.3, -0.25) is 19.5 Å². The lowest BCUT2D eigenvalue weighted by Crippen LogP contribution is -2.33. The van der Waals surface area contributed by atoms with E-state index in [0.29, 0.717) is 22.4 Å². The third kappa shape index (κ3) is 2.83. The van der Waals surface area contributed by atoms with Crippen LogP contribution in [0.1, 0.15) is 42.3 Å². The molecule has 0 radical (unpaired) electrons. The molecule has 1 aromatic heterocycles. The van der Waals surface area contributed by atoms with Gasteiger partial charge in [-0.15, -0.1) is 0 Å². The Balaban J connectivity index is 1.48. The first kappa shape index (κ1) is 17.9. The molecule has 140 valence electrons. The molecule has 2 aromatic carbocycles. The molecule has 0 atom stereocenters. The van der Waals surface area contributed by atoms with Crippen LogP contribution in [0.4, 0.5) is 0 Å². The highest BCUT2D eigenvalue weighted by Gasteiger charge is 2.34. The smallest absolute Gasteiger partial charge is 0.340 e. The van der Waals surface area contributed by atoms with Gasteiger partial charge in [-0.05, 0) is 37.6 Å². The summed E-state index contributed by atoms with van der Waals surface area (Å²) in [7, 11) is 0. The van der Waals surface area contributed by atoms with Gasteiger partial charge in [0, 0.05) is 5.39 Å². The molecule has 2 heterocycles. The van der Waals surface area contributed by atoms with Crippen molar-refractivity contribution in [2.75, 3.05) is 13.2 Å². The summed E-state index contributed by atoms with van der Waals surface area (Å²) in [4.78, 5) is 42.9. The predicted molar refractivity (Wildman–Crippen MR) is 103 cm³/mol. The number of hydrogen-bond acceptors (Lipinski definition) is 5. The van der Waals surface area contributed by atoms with Crippen LogP contribution in [-0.4, -0.2) is 40.8 Å². The maximum Gasteiger partial charge on any atom is 0.340 e. The number of rotatable bonds is 4. The molecule has 0 fully saturated rings. The van der Waals surface area contributed by atoms with Crippen molar-refractivity contribution in [3.05, 3.63) is 76.5 Å². The number of ether oxygens (including phenoxy) is 1. The monoisotopic (exact) mass is 374 g/mol. The van der Waals surface area contributed by atoms with Crippen molar-refractivity contribution in [2.24, 2.45) is 0 Å². The van der Waals surface area contributed by atoms with E-state index in [1.807, 2.05) is 31.2 Å². The van der Waals surface area contributed by atoms with Crippen LogP contribution < -0.4 is 0 Å². The van der Waals surface area contributed by atoms with Gasteiger partial charge in [0.1, 0.15) is 6.61 Å². The van der Waals surface area contributed by atoms with E-state index in [0.717, 1.165) is 21.4 Å². The molecular weight excluding hydrogens is 356 g/mol. The summed E-state index contributed by atoms with van der Waals surface area (Å²) in [6, 6.07) is 14.3. The van der Waals surface area contributed by atoms with Crippen molar-refractivity contribution in [1.82, 2.24) is 9.88 Å². The molecule has 0 saturated heterocycles. The van der Waals surface area contributed by atoms with Gasteiger partial charge in [0.15, 0.2) is 0 Å². The number of amides is 2. The molecule has 3 aromatic rings. The third-order valence-corrected chi connectivity index (χ3v) is 4.96. The maximum absolute atomic E-state index is 12.6. The minimum Gasteiger partial charge on any atom is -0.460 e. The second kappa shape index (κ2) is 6.88. The highest BCUT2D eigenvalue weighted by molar-refractivity contribution is 6.21. The second-order valence-electron chi connectivity index (χ2n) is 6.66. The van der Waals surface area contributed by atoms with Gasteiger partial charge in [-0.25, -0.2) is 4.79 Å². The van der Waals surface area contributed by atoms with Crippen molar-refractivity contribution in [3.63, 3.8) is 0 Å². The van der Waals surface area contributed by atoms with Crippen molar-refractivity contribution in [2.45, 2.75) is 13.8 Å². The first-order valence-electron chi connectivity index (χ1n) is 8.97. The van der Waals surface area contributed by atoms with E-state index < -0.39 is 5.97 Å². The predicted octanol–water partition coefficient (Wildman–Crippen LogP) is 3.30. The van der Waals surface area contributed by atoms with Crippen molar-refractivity contribution >= 4 is 28.7 Å². The molecule has 0 aliphatic carbocycles. The van der Waals surface area contributed by atoms with Crippen molar-refractivity contribution in [3.8, 4) is 0 Å². The number of aromatic nitrogens is 1. The van der Waals surface area contributed by atoms with Crippen molar-refractivity contribution < 1.29 is 19.1 Å². The Labute approximate surface area is 161 Å². The largest absolute Gasteiger partial charge is 0.460 e. The number of pyridine rings is 1. The van der Waals surface area contributed by atoms with Crippen LogP contribution in [0.25, 0.3) is 10.9 Å². The number of benzene rings is 2. The molecule has 0 unspecified atom stereocenters. The number of esters is 1. The summed E-state index contributed by atoms with van der Waals surface area (Å²) < 4.78 is 5.37. The molecule has 4 rings (SSSR count). The number of imide groups is 1. The minimum atomic E-state index is -0.509. The van der Waals surface area contributed by atoms with E-state index in [1.165, 1.54) is 0 Å². The van der Waals surface area contributed by atoms with Gasteiger partial charge in [0.25, 0.3) is 11.8 Å².